The first-order chi connectivity index (χ1) is 14.4. The summed E-state index contributed by atoms with van der Waals surface area (Å²) in [7, 11) is 3.38. The molecule has 2 aromatic carbocycles. The first-order valence-corrected chi connectivity index (χ1v) is 10.4. The highest BCUT2D eigenvalue weighted by Crippen LogP contribution is 2.17. The summed E-state index contributed by atoms with van der Waals surface area (Å²) in [5.41, 5.74) is 3.24. The van der Waals surface area contributed by atoms with Crippen LogP contribution in [0.25, 0.3) is 0 Å². The zero-order chi connectivity index (χ0) is 21.5. The van der Waals surface area contributed by atoms with E-state index in [1.807, 2.05) is 4.90 Å². The van der Waals surface area contributed by atoms with Crippen molar-refractivity contribution in [1.82, 2.24) is 14.7 Å². The Kier molecular flexibility index (Phi) is 7.46. The van der Waals surface area contributed by atoms with Crippen LogP contribution in [0.2, 0.25) is 0 Å². The molecule has 0 unspecified atom stereocenters. The average Bonchev–Trinajstić information content (AvgIpc) is 2.99. The quantitative estimate of drug-likeness (QED) is 0.736. The van der Waals surface area contributed by atoms with Crippen LogP contribution in [0.4, 0.5) is 0 Å². The topological polar surface area (TPSA) is 53.1 Å². The second-order valence-corrected chi connectivity index (χ2v) is 7.95. The summed E-state index contributed by atoms with van der Waals surface area (Å²) in [6, 6.07) is 15.6. The van der Waals surface area contributed by atoms with E-state index in [4.69, 9.17) is 4.74 Å². The molecular formula is C24H31N3O3. The van der Waals surface area contributed by atoms with Crippen molar-refractivity contribution in [3.63, 3.8) is 0 Å². The van der Waals surface area contributed by atoms with Crippen LogP contribution in [0.3, 0.4) is 0 Å². The molecule has 1 saturated heterocycles. The predicted octanol–water partition coefficient (Wildman–Crippen LogP) is 2.81. The van der Waals surface area contributed by atoms with Gasteiger partial charge >= 0.3 is 0 Å². The van der Waals surface area contributed by atoms with E-state index in [-0.39, 0.29) is 18.4 Å². The molecule has 1 fully saturated rings. The van der Waals surface area contributed by atoms with Gasteiger partial charge in [-0.05, 0) is 42.7 Å². The smallest absolute Gasteiger partial charge is 0.259 e. The monoisotopic (exact) mass is 409 g/mol. The van der Waals surface area contributed by atoms with E-state index < -0.39 is 0 Å². The van der Waals surface area contributed by atoms with Gasteiger partial charge in [0, 0.05) is 52.4 Å². The maximum atomic E-state index is 13.0. The van der Waals surface area contributed by atoms with Gasteiger partial charge in [0.2, 0.25) is 0 Å². The van der Waals surface area contributed by atoms with E-state index in [0.29, 0.717) is 17.9 Å². The van der Waals surface area contributed by atoms with Crippen LogP contribution in [-0.2, 0) is 11.3 Å². The molecule has 6 heteroatoms. The first kappa shape index (κ1) is 21.8. The SMILES string of the molecule is Cc1ccccc1CN1CCCN(C(=O)c2cccc(OCC(=O)N(C)C)c2)CC1. The molecule has 1 aliphatic heterocycles. The molecule has 0 aromatic heterocycles. The van der Waals surface area contributed by atoms with Crippen molar-refractivity contribution in [2.75, 3.05) is 46.9 Å². The van der Waals surface area contributed by atoms with Crippen LogP contribution >= 0.6 is 0 Å². The van der Waals surface area contributed by atoms with Gasteiger partial charge in [0.1, 0.15) is 5.75 Å². The van der Waals surface area contributed by atoms with Crippen LogP contribution in [0.15, 0.2) is 48.5 Å². The Morgan fingerprint density at radius 2 is 1.80 bits per heavy atom. The maximum absolute atomic E-state index is 13.0. The summed E-state index contributed by atoms with van der Waals surface area (Å²) < 4.78 is 5.56. The Hall–Kier alpha value is -2.86. The molecule has 1 aliphatic rings. The zero-order valence-corrected chi connectivity index (χ0v) is 18.1. The first-order valence-electron chi connectivity index (χ1n) is 10.4. The molecule has 30 heavy (non-hydrogen) atoms. The Labute approximate surface area is 179 Å². The molecular weight excluding hydrogens is 378 g/mol. The molecule has 0 radical (unpaired) electrons. The second-order valence-electron chi connectivity index (χ2n) is 7.95. The van der Waals surface area contributed by atoms with Crippen LogP contribution in [0.1, 0.15) is 27.9 Å². The predicted molar refractivity (Wildman–Crippen MR) is 118 cm³/mol. The van der Waals surface area contributed by atoms with Gasteiger partial charge in [0.15, 0.2) is 6.61 Å². The molecule has 6 nitrogen and oxygen atoms in total. The molecule has 0 atom stereocenters. The van der Waals surface area contributed by atoms with Gasteiger partial charge in [0.25, 0.3) is 11.8 Å². The van der Waals surface area contributed by atoms with E-state index in [1.165, 1.54) is 16.0 Å². The molecule has 0 N–H and O–H groups in total. The zero-order valence-electron chi connectivity index (χ0n) is 18.1. The van der Waals surface area contributed by atoms with Crippen molar-refractivity contribution in [3.8, 4) is 5.75 Å². The van der Waals surface area contributed by atoms with E-state index in [9.17, 15) is 9.59 Å². The molecule has 2 aromatic rings. The number of ether oxygens (including phenoxy) is 1. The molecule has 0 aliphatic carbocycles. The molecule has 0 bridgehead atoms. The second kappa shape index (κ2) is 10.3. The Morgan fingerprint density at radius 3 is 2.57 bits per heavy atom. The minimum atomic E-state index is -0.118. The highest BCUT2D eigenvalue weighted by molar-refractivity contribution is 5.94. The highest BCUT2D eigenvalue weighted by Gasteiger charge is 2.21. The molecule has 0 saturated carbocycles. The van der Waals surface area contributed by atoms with Gasteiger partial charge in [-0.3, -0.25) is 14.5 Å². The lowest BCUT2D eigenvalue weighted by atomic mass is 10.1. The van der Waals surface area contributed by atoms with Gasteiger partial charge in [0.05, 0.1) is 0 Å². The average molecular weight is 410 g/mol. The third-order valence-corrected chi connectivity index (χ3v) is 5.47. The minimum absolute atomic E-state index is 0.0112. The molecule has 3 rings (SSSR count). The van der Waals surface area contributed by atoms with Crippen molar-refractivity contribution < 1.29 is 14.3 Å². The van der Waals surface area contributed by atoms with E-state index in [1.54, 1.807) is 38.4 Å². The molecule has 1 heterocycles. The number of likely N-dealkylation sites (N-methyl/N-ethyl adjacent to an activating group) is 1. The van der Waals surface area contributed by atoms with Crippen LogP contribution in [0.5, 0.6) is 5.75 Å². The van der Waals surface area contributed by atoms with Crippen molar-refractivity contribution in [2.45, 2.75) is 19.9 Å². The minimum Gasteiger partial charge on any atom is -0.484 e. The lowest BCUT2D eigenvalue weighted by Crippen LogP contribution is -2.35. The van der Waals surface area contributed by atoms with Crippen LogP contribution in [0, 0.1) is 6.92 Å². The molecule has 0 spiro atoms. The lowest BCUT2D eigenvalue weighted by molar-refractivity contribution is -0.130. The number of carbonyl (C=O) groups is 2. The number of hydrogen-bond acceptors (Lipinski definition) is 4. The van der Waals surface area contributed by atoms with E-state index >= 15 is 0 Å². The number of aryl methyl sites for hydroxylation is 1. The Balaban J connectivity index is 1.58. The van der Waals surface area contributed by atoms with Gasteiger partial charge in [-0.25, -0.2) is 0 Å². The van der Waals surface area contributed by atoms with Gasteiger partial charge in [-0.15, -0.1) is 0 Å². The summed E-state index contributed by atoms with van der Waals surface area (Å²) in [5, 5.41) is 0. The van der Waals surface area contributed by atoms with Crippen LogP contribution in [-0.4, -0.2) is 73.4 Å². The Morgan fingerprint density at radius 1 is 1.00 bits per heavy atom. The molecule has 160 valence electrons. The maximum Gasteiger partial charge on any atom is 0.259 e. The Bertz CT molecular complexity index is 882. The summed E-state index contributed by atoms with van der Waals surface area (Å²) in [6.07, 6.45) is 0.950. The van der Waals surface area contributed by atoms with Crippen LogP contribution < -0.4 is 4.74 Å². The number of nitrogens with zero attached hydrogens (tertiary/aromatic N) is 3. The number of rotatable bonds is 6. The van der Waals surface area contributed by atoms with Gasteiger partial charge in [-0.1, -0.05) is 30.3 Å². The third-order valence-electron chi connectivity index (χ3n) is 5.47. The fourth-order valence-corrected chi connectivity index (χ4v) is 3.54. The summed E-state index contributed by atoms with van der Waals surface area (Å²) in [5.74, 6) is 0.428. The normalized spacial score (nSPS) is 14.8. The standard InChI is InChI=1S/C24H31N3O3/c1-19-8-4-5-9-21(19)17-26-12-7-13-27(15-14-26)24(29)20-10-6-11-22(16-20)30-18-23(28)25(2)3/h4-6,8-11,16H,7,12-15,17-18H2,1-3H3. The van der Waals surface area contributed by atoms with Crippen molar-refractivity contribution in [1.29, 1.82) is 0 Å². The summed E-state index contributed by atoms with van der Waals surface area (Å²) in [6.45, 7) is 6.30. The van der Waals surface area contributed by atoms with Gasteiger partial charge < -0.3 is 14.5 Å². The van der Waals surface area contributed by atoms with Gasteiger partial charge in [-0.2, -0.15) is 0 Å². The largest absolute Gasteiger partial charge is 0.484 e. The van der Waals surface area contributed by atoms with Crippen molar-refractivity contribution >= 4 is 11.8 Å². The fraction of sp³-hybridized carbons (Fsp3) is 0.417. The van der Waals surface area contributed by atoms with Crippen molar-refractivity contribution in [2.24, 2.45) is 0 Å². The number of benzene rings is 2. The summed E-state index contributed by atoms with van der Waals surface area (Å²) >= 11 is 0. The molecule has 2 amide bonds. The van der Waals surface area contributed by atoms with E-state index in [2.05, 4.69) is 36.1 Å². The highest BCUT2D eigenvalue weighted by atomic mass is 16.5. The number of hydrogen-bond donors (Lipinski definition) is 0. The lowest BCUT2D eigenvalue weighted by Gasteiger charge is -2.23. The van der Waals surface area contributed by atoms with Crippen molar-refractivity contribution in [3.05, 3.63) is 65.2 Å². The summed E-state index contributed by atoms with van der Waals surface area (Å²) in [4.78, 5) is 30.6. The third kappa shape index (κ3) is 5.83. The number of amides is 2. The van der Waals surface area contributed by atoms with E-state index in [0.717, 1.165) is 32.6 Å². The fourth-order valence-electron chi connectivity index (χ4n) is 3.54. The number of carbonyl (C=O) groups excluding carboxylic acids is 2.